The Bertz CT molecular complexity index is 1140. The van der Waals surface area contributed by atoms with Crippen LogP contribution in [0, 0.1) is 0 Å². The summed E-state index contributed by atoms with van der Waals surface area (Å²) in [5, 5.41) is 4.37. The molecule has 5 heteroatoms. The second-order valence-electron chi connectivity index (χ2n) is 7.04. The van der Waals surface area contributed by atoms with Crippen molar-refractivity contribution in [3.8, 4) is 5.75 Å². The van der Waals surface area contributed by atoms with Gasteiger partial charge in [0.2, 0.25) is 5.95 Å². The number of rotatable bonds is 3. The minimum absolute atomic E-state index is 0.112. The zero-order chi connectivity index (χ0) is 19.1. The minimum Gasteiger partial charge on any atom is -0.496 e. The van der Waals surface area contributed by atoms with Gasteiger partial charge in [0, 0.05) is 10.6 Å². The molecule has 1 aliphatic heterocycles. The number of halogens is 1. The van der Waals surface area contributed by atoms with Crippen LogP contribution in [0.25, 0.3) is 11.0 Å². The first-order valence-corrected chi connectivity index (χ1v) is 9.74. The molecule has 3 aromatic carbocycles. The highest BCUT2D eigenvalue weighted by atomic mass is 35.5. The highest BCUT2D eigenvalue weighted by molar-refractivity contribution is 6.30. The number of methoxy groups -OCH3 is 1. The molecular weight excluding hydrogens is 370 g/mol. The van der Waals surface area contributed by atoms with E-state index in [-0.39, 0.29) is 12.1 Å². The predicted molar refractivity (Wildman–Crippen MR) is 113 cm³/mol. The van der Waals surface area contributed by atoms with E-state index in [9.17, 15) is 0 Å². The first-order chi connectivity index (χ1) is 13.7. The molecule has 0 radical (unpaired) electrons. The zero-order valence-corrected chi connectivity index (χ0v) is 16.2. The summed E-state index contributed by atoms with van der Waals surface area (Å²) in [6.45, 7) is 0. The zero-order valence-electron chi connectivity index (χ0n) is 15.5. The van der Waals surface area contributed by atoms with Crippen molar-refractivity contribution in [2.45, 2.75) is 18.5 Å². The van der Waals surface area contributed by atoms with E-state index in [1.807, 2.05) is 30.3 Å². The average molecular weight is 390 g/mol. The summed E-state index contributed by atoms with van der Waals surface area (Å²) >= 11 is 6.10. The predicted octanol–water partition coefficient (Wildman–Crippen LogP) is 5.84. The fourth-order valence-corrected chi connectivity index (χ4v) is 4.25. The van der Waals surface area contributed by atoms with Crippen LogP contribution in [-0.2, 0) is 0 Å². The molecule has 4 nitrogen and oxygen atoms in total. The molecule has 0 saturated heterocycles. The molecule has 140 valence electrons. The number of para-hydroxylation sites is 3. The van der Waals surface area contributed by atoms with Crippen LogP contribution in [0.5, 0.6) is 5.75 Å². The number of hydrogen-bond acceptors (Lipinski definition) is 3. The summed E-state index contributed by atoms with van der Waals surface area (Å²) in [7, 11) is 1.73. The van der Waals surface area contributed by atoms with Gasteiger partial charge in [-0.15, -0.1) is 0 Å². The summed E-state index contributed by atoms with van der Waals surface area (Å²) in [5.74, 6) is 1.77. The normalized spacial score (nSPS) is 18.5. The van der Waals surface area contributed by atoms with Gasteiger partial charge in [-0.3, -0.25) is 0 Å². The summed E-state index contributed by atoms with van der Waals surface area (Å²) in [5.41, 5.74) is 4.47. The van der Waals surface area contributed by atoms with Crippen LogP contribution in [0.15, 0.2) is 72.8 Å². The number of nitrogens with zero attached hydrogens (tertiary/aromatic N) is 2. The van der Waals surface area contributed by atoms with Crippen LogP contribution < -0.4 is 10.1 Å². The van der Waals surface area contributed by atoms with E-state index in [4.69, 9.17) is 21.3 Å². The number of nitrogens with one attached hydrogen (secondary N) is 1. The fourth-order valence-electron chi connectivity index (χ4n) is 4.13. The molecule has 1 aromatic heterocycles. The molecular formula is C23H20ClN3O. The Kier molecular flexibility index (Phi) is 4.21. The fraction of sp³-hybridized carbons (Fsp3) is 0.174. The van der Waals surface area contributed by atoms with Gasteiger partial charge in [0.05, 0.1) is 30.2 Å². The molecule has 1 aliphatic rings. The quantitative estimate of drug-likeness (QED) is 0.478. The van der Waals surface area contributed by atoms with Crippen molar-refractivity contribution in [3.63, 3.8) is 0 Å². The third-order valence-electron chi connectivity index (χ3n) is 5.44. The lowest BCUT2D eigenvalue weighted by Gasteiger charge is -2.34. The van der Waals surface area contributed by atoms with Crippen molar-refractivity contribution in [1.29, 1.82) is 0 Å². The number of fused-ring (bicyclic) bond motifs is 3. The lowest BCUT2D eigenvalue weighted by molar-refractivity contribution is 0.392. The summed E-state index contributed by atoms with van der Waals surface area (Å²) < 4.78 is 7.98. The van der Waals surface area contributed by atoms with E-state index in [0.717, 1.165) is 39.7 Å². The summed E-state index contributed by atoms with van der Waals surface area (Å²) in [4.78, 5) is 4.86. The standard InChI is InChI=1S/C23H20ClN3O/c1-28-22-9-5-2-6-17(22)21-14-19(15-10-12-16(24)13-11-15)26-23-25-18-7-3-4-8-20(18)27(21)23/h2-13,19,21H,14H2,1H3,(H,25,26). The second-order valence-corrected chi connectivity index (χ2v) is 7.47. The Morgan fingerprint density at radius 3 is 2.57 bits per heavy atom. The van der Waals surface area contributed by atoms with Gasteiger partial charge in [-0.25, -0.2) is 4.98 Å². The monoisotopic (exact) mass is 389 g/mol. The topological polar surface area (TPSA) is 39.1 Å². The van der Waals surface area contributed by atoms with Gasteiger partial charge in [-0.05, 0) is 42.3 Å². The molecule has 0 saturated carbocycles. The highest BCUT2D eigenvalue weighted by Gasteiger charge is 2.32. The Morgan fingerprint density at radius 1 is 1.00 bits per heavy atom. The van der Waals surface area contributed by atoms with Crippen molar-refractivity contribution in [3.05, 3.63) is 88.9 Å². The molecule has 0 aliphatic carbocycles. The van der Waals surface area contributed by atoms with Crippen molar-refractivity contribution in [2.24, 2.45) is 0 Å². The largest absolute Gasteiger partial charge is 0.496 e. The maximum atomic E-state index is 6.10. The Morgan fingerprint density at radius 2 is 1.75 bits per heavy atom. The van der Waals surface area contributed by atoms with Crippen molar-refractivity contribution in [1.82, 2.24) is 9.55 Å². The number of ether oxygens (including phenoxy) is 1. The summed E-state index contributed by atoms with van der Waals surface area (Å²) in [6, 6.07) is 24.8. The van der Waals surface area contributed by atoms with Crippen molar-refractivity contribution in [2.75, 3.05) is 12.4 Å². The van der Waals surface area contributed by atoms with Gasteiger partial charge in [0.25, 0.3) is 0 Å². The Balaban J connectivity index is 1.68. The molecule has 0 spiro atoms. The van der Waals surface area contributed by atoms with Crippen molar-refractivity contribution < 1.29 is 4.74 Å². The average Bonchev–Trinajstić information content (AvgIpc) is 3.12. The third-order valence-corrected chi connectivity index (χ3v) is 5.69. The molecule has 0 fully saturated rings. The smallest absolute Gasteiger partial charge is 0.204 e. The van der Waals surface area contributed by atoms with Gasteiger partial charge in [-0.1, -0.05) is 54.1 Å². The van der Waals surface area contributed by atoms with Crippen LogP contribution in [0.4, 0.5) is 5.95 Å². The van der Waals surface area contributed by atoms with E-state index in [2.05, 4.69) is 52.3 Å². The minimum atomic E-state index is 0.112. The molecule has 1 N–H and O–H groups in total. The molecule has 2 heterocycles. The van der Waals surface area contributed by atoms with Crippen LogP contribution in [-0.4, -0.2) is 16.7 Å². The maximum absolute atomic E-state index is 6.10. The second kappa shape index (κ2) is 6.88. The van der Waals surface area contributed by atoms with Gasteiger partial charge < -0.3 is 14.6 Å². The number of anilines is 1. The van der Waals surface area contributed by atoms with E-state index >= 15 is 0 Å². The first-order valence-electron chi connectivity index (χ1n) is 9.36. The van der Waals surface area contributed by atoms with E-state index in [1.54, 1.807) is 7.11 Å². The molecule has 5 rings (SSSR count). The number of hydrogen-bond donors (Lipinski definition) is 1. The van der Waals surface area contributed by atoms with Crippen LogP contribution in [0.1, 0.15) is 29.6 Å². The van der Waals surface area contributed by atoms with Gasteiger partial charge in [0.1, 0.15) is 5.75 Å². The maximum Gasteiger partial charge on any atom is 0.204 e. The molecule has 28 heavy (non-hydrogen) atoms. The van der Waals surface area contributed by atoms with E-state index < -0.39 is 0 Å². The molecule has 0 amide bonds. The van der Waals surface area contributed by atoms with Crippen molar-refractivity contribution >= 4 is 28.6 Å². The van der Waals surface area contributed by atoms with Crippen LogP contribution >= 0.6 is 11.6 Å². The van der Waals surface area contributed by atoms with Crippen LogP contribution in [0.2, 0.25) is 5.02 Å². The lowest BCUT2D eigenvalue weighted by atomic mass is 9.92. The first kappa shape index (κ1) is 17.1. The van der Waals surface area contributed by atoms with Crippen LogP contribution in [0.3, 0.4) is 0 Å². The number of imidazole rings is 1. The Labute approximate surface area is 168 Å². The summed E-state index contributed by atoms with van der Waals surface area (Å²) in [6.07, 6.45) is 0.884. The van der Waals surface area contributed by atoms with Gasteiger partial charge >= 0.3 is 0 Å². The van der Waals surface area contributed by atoms with E-state index in [0.29, 0.717) is 0 Å². The third kappa shape index (κ3) is 2.81. The molecule has 2 atom stereocenters. The Hall–Kier alpha value is -2.98. The number of aromatic nitrogens is 2. The lowest BCUT2D eigenvalue weighted by Crippen LogP contribution is -2.27. The molecule has 2 unspecified atom stereocenters. The number of benzene rings is 3. The van der Waals surface area contributed by atoms with Gasteiger partial charge in [0.15, 0.2) is 0 Å². The SMILES string of the molecule is COc1ccccc1C1CC(c2ccc(Cl)cc2)Nc2nc3ccccc3n21. The molecule has 0 bridgehead atoms. The highest BCUT2D eigenvalue weighted by Crippen LogP contribution is 2.43. The van der Waals surface area contributed by atoms with Gasteiger partial charge in [-0.2, -0.15) is 0 Å². The van der Waals surface area contributed by atoms with E-state index in [1.165, 1.54) is 5.56 Å². The molecule has 4 aromatic rings.